The Labute approximate surface area is 117 Å². The van der Waals surface area contributed by atoms with Crippen LogP contribution in [0.25, 0.3) is 0 Å². The van der Waals surface area contributed by atoms with Crippen molar-refractivity contribution in [1.29, 1.82) is 0 Å². The summed E-state index contributed by atoms with van der Waals surface area (Å²) < 4.78 is 0. The topological polar surface area (TPSA) is 92.5 Å². The number of carbonyl (C=O) groups is 1. The van der Waals surface area contributed by atoms with E-state index in [1.54, 1.807) is 0 Å². The molecule has 0 radical (unpaired) electrons. The van der Waals surface area contributed by atoms with Gasteiger partial charge in [0.2, 0.25) is 0 Å². The van der Waals surface area contributed by atoms with Crippen LogP contribution in [-0.4, -0.2) is 22.0 Å². The van der Waals surface area contributed by atoms with Gasteiger partial charge in [0.15, 0.2) is 0 Å². The number of nitrogens with zero attached hydrogens (tertiary/aromatic N) is 1. The zero-order valence-electron chi connectivity index (χ0n) is 11.5. The number of aromatic carboxylic acids is 1. The van der Waals surface area contributed by atoms with Crippen molar-refractivity contribution in [1.82, 2.24) is 0 Å². The van der Waals surface area contributed by atoms with Crippen LogP contribution in [0.4, 0.5) is 11.4 Å². The molecule has 1 fully saturated rings. The lowest BCUT2D eigenvalue weighted by molar-refractivity contribution is -0.384. The molecular weight excluding hydrogens is 260 g/mol. The number of nitrogens with one attached hydrogen (secondary N) is 1. The maximum Gasteiger partial charge on any atom is 0.338 e. The monoisotopic (exact) mass is 278 g/mol. The van der Waals surface area contributed by atoms with Crippen molar-refractivity contribution in [3.05, 3.63) is 33.9 Å². The van der Waals surface area contributed by atoms with E-state index in [4.69, 9.17) is 0 Å². The lowest BCUT2D eigenvalue weighted by atomic mass is 9.87. The number of carboxylic acid groups (broad SMARTS) is 1. The number of nitro benzene ring substituents is 1. The molecule has 2 rings (SSSR count). The molecule has 1 atom stereocenters. The average molecular weight is 278 g/mol. The molecule has 0 amide bonds. The van der Waals surface area contributed by atoms with Crippen LogP contribution in [0.15, 0.2) is 18.2 Å². The van der Waals surface area contributed by atoms with Crippen molar-refractivity contribution in [2.75, 3.05) is 5.32 Å². The minimum atomic E-state index is -1.16. The third-order valence-electron chi connectivity index (χ3n) is 4.03. The van der Waals surface area contributed by atoms with Crippen molar-refractivity contribution >= 4 is 17.3 Å². The molecule has 1 aliphatic rings. The number of carboxylic acids is 1. The summed E-state index contributed by atoms with van der Waals surface area (Å²) in [5.74, 6) is -1.16. The molecule has 1 aromatic rings. The van der Waals surface area contributed by atoms with Gasteiger partial charge in [0.1, 0.15) is 0 Å². The summed E-state index contributed by atoms with van der Waals surface area (Å²) in [5, 5.41) is 23.2. The molecule has 0 aromatic heterocycles. The van der Waals surface area contributed by atoms with E-state index in [0.717, 1.165) is 25.3 Å². The highest BCUT2D eigenvalue weighted by atomic mass is 16.6. The fourth-order valence-electron chi connectivity index (χ4n) is 2.73. The Kier molecular flexibility index (Phi) is 3.65. The molecule has 1 aliphatic carbocycles. The third kappa shape index (κ3) is 2.74. The molecule has 0 heterocycles. The van der Waals surface area contributed by atoms with E-state index < -0.39 is 10.9 Å². The summed E-state index contributed by atoms with van der Waals surface area (Å²) >= 11 is 0. The van der Waals surface area contributed by atoms with Crippen LogP contribution in [0.5, 0.6) is 0 Å². The first-order valence-electron chi connectivity index (χ1n) is 6.59. The van der Waals surface area contributed by atoms with Gasteiger partial charge in [0, 0.05) is 23.9 Å². The van der Waals surface area contributed by atoms with Gasteiger partial charge in [0.25, 0.3) is 5.69 Å². The predicted octanol–water partition coefficient (Wildman–Crippen LogP) is 3.28. The van der Waals surface area contributed by atoms with E-state index >= 15 is 0 Å². The highest BCUT2D eigenvalue weighted by molar-refractivity contribution is 5.95. The zero-order chi connectivity index (χ0) is 14.9. The van der Waals surface area contributed by atoms with Crippen molar-refractivity contribution in [2.45, 2.75) is 39.2 Å². The van der Waals surface area contributed by atoms with Gasteiger partial charge in [-0.25, -0.2) is 4.79 Å². The van der Waals surface area contributed by atoms with Gasteiger partial charge in [-0.1, -0.05) is 20.3 Å². The standard InChI is InChI=1S/C14H18N2O4/c1-14(2)7-3-4-12(14)15-11-6-5-9(16(19)20)8-10(11)13(17)18/h5-6,8,12,15H,3-4,7H2,1-2H3,(H,17,18). The molecule has 1 saturated carbocycles. The van der Waals surface area contributed by atoms with Crippen LogP contribution < -0.4 is 5.32 Å². The van der Waals surface area contributed by atoms with Gasteiger partial charge < -0.3 is 10.4 Å². The molecule has 1 unspecified atom stereocenters. The van der Waals surface area contributed by atoms with E-state index in [-0.39, 0.29) is 22.7 Å². The van der Waals surface area contributed by atoms with Crippen LogP contribution in [-0.2, 0) is 0 Å². The first kappa shape index (κ1) is 14.3. The number of hydrogen-bond donors (Lipinski definition) is 2. The van der Waals surface area contributed by atoms with E-state index in [0.29, 0.717) is 5.69 Å². The molecule has 0 spiro atoms. The van der Waals surface area contributed by atoms with E-state index in [1.165, 1.54) is 12.1 Å². The Morgan fingerprint density at radius 3 is 2.70 bits per heavy atom. The Morgan fingerprint density at radius 1 is 1.50 bits per heavy atom. The number of benzene rings is 1. The number of hydrogen-bond acceptors (Lipinski definition) is 4. The highest BCUT2D eigenvalue weighted by Crippen LogP contribution is 2.39. The van der Waals surface area contributed by atoms with E-state index in [1.807, 2.05) is 0 Å². The van der Waals surface area contributed by atoms with Crippen LogP contribution in [0.3, 0.4) is 0 Å². The molecular formula is C14H18N2O4. The first-order chi connectivity index (χ1) is 9.31. The van der Waals surface area contributed by atoms with Crippen molar-refractivity contribution in [3.63, 3.8) is 0 Å². The highest BCUT2D eigenvalue weighted by Gasteiger charge is 2.35. The SMILES string of the molecule is CC1(C)CCCC1Nc1ccc([N+](=O)[O-])cc1C(=O)O. The molecule has 0 bridgehead atoms. The summed E-state index contributed by atoms with van der Waals surface area (Å²) in [5.41, 5.74) is 0.279. The second kappa shape index (κ2) is 5.11. The molecule has 0 saturated heterocycles. The Morgan fingerprint density at radius 2 is 2.20 bits per heavy atom. The van der Waals surface area contributed by atoms with Gasteiger partial charge in [-0.3, -0.25) is 10.1 Å². The molecule has 1 aromatic carbocycles. The minimum absolute atomic E-state index is 0.0538. The normalized spacial score (nSPS) is 20.6. The van der Waals surface area contributed by atoms with Gasteiger partial charge >= 0.3 is 5.97 Å². The number of anilines is 1. The lowest BCUT2D eigenvalue weighted by Gasteiger charge is -2.29. The summed E-state index contributed by atoms with van der Waals surface area (Å²) in [6, 6.07) is 4.10. The second-order valence-electron chi connectivity index (χ2n) is 5.87. The van der Waals surface area contributed by atoms with Crippen LogP contribution in [0, 0.1) is 15.5 Å². The molecule has 108 valence electrons. The molecule has 0 aliphatic heterocycles. The summed E-state index contributed by atoms with van der Waals surface area (Å²) in [7, 11) is 0. The lowest BCUT2D eigenvalue weighted by Crippen LogP contribution is -2.31. The Bertz CT molecular complexity index is 554. The van der Waals surface area contributed by atoms with Crippen LogP contribution in [0.2, 0.25) is 0 Å². The van der Waals surface area contributed by atoms with Gasteiger partial charge in [-0.15, -0.1) is 0 Å². The van der Waals surface area contributed by atoms with Gasteiger partial charge in [0.05, 0.1) is 10.5 Å². The number of non-ortho nitro benzene ring substituents is 1. The fraction of sp³-hybridized carbons (Fsp3) is 0.500. The zero-order valence-corrected chi connectivity index (χ0v) is 11.5. The smallest absolute Gasteiger partial charge is 0.338 e. The predicted molar refractivity (Wildman–Crippen MR) is 75.1 cm³/mol. The first-order valence-corrected chi connectivity index (χ1v) is 6.59. The van der Waals surface area contributed by atoms with E-state index in [9.17, 15) is 20.0 Å². The summed E-state index contributed by atoms with van der Waals surface area (Å²) in [6.07, 6.45) is 3.16. The largest absolute Gasteiger partial charge is 0.478 e. The maximum atomic E-state index is 11.3. The average Bonchev–Trinajstić information content (AvgIpc) is 2.68. The Balaban J connectivity index is 2.32. The van der Waals surface area contributed by atoms with Gasteiger partial charge in [-0.05, 0) is 24.3 Å². The maximum absolute atomic E-state index is 11.3. The molecule has 6 heteroatoms. The number of rotatable bonds is 4. The fourth-order valence-corrected chi connectivity index (χ4v) is 2.73. The summed E-state index contributed by atoms with van der Waals surface area (Å²) in [4.78, 5) is 21.4. The van der Waals surface area contributed by atoms with Crippen LogP contribution >= 0.6 is 0 Å². The van der Waals surface area contributed by atoms with Gasteiger partial charge in [-0.2, -0.15) is 0 Å². The van der Waals surface area contributed by atoms with Crippen LogP contribution in [0.1, 0.15) is 43.5 Å². The van der Waals surface area contributed by atoms with Crippen molar-refractivity contribution < 1.29 is 14.8 Å². The molecule has 6 nitrogen and oxygen atoms in total. The molecule has 2 N–H and O–H groups in total. The quantitative estimate of drug-likeness (QED) is 0.651. The second-order valence-corrected chi connectivity index (χ2v) is 5.87. The summed E-state index contributed by atoms with van der Waals surface area (Å²) in [6.45, 7) is 4.28. The minimum Gasteiger partial charge on any atom is -0.478 e. The number of nitro groups is 1. The molecule has 20 heavy (non-hydrogen) atoms. The Hall–Kier alpha value is -2.11. The third-order valence-corrected chi connectivity index (χ3v) is 4.03. The van der Waals surface area contributed by atoms with Crippen molar-refractivity contribution in [3.8, 4) is 0 Å². The van der Waals surface area contributed by atoms with Crippen molar-refractivity contribution in [2.24, 2.45) is 5.41 Å². The van der Waals surface area contributed by atoms with E-state index in [2.05, 4.69) is 19.2 Å².